The molecule has 0 radical (unpaired) electrons. The third kappa shape index (κ3) is 6.00. The third-order valence-corrected chi connectivity index (χ3v) is 6.45. The highest BCUT2D eigenvalue weighted by Gasteiger charge is 2.33. The highest BCUT2D eigenvalue weighted by atomic mass is 35.5. The quantitative estimate of drug-likeness (QED) is 0.304. The van der Waals surface area contributed by atoms with Gasteiger partial charge in [-0.05, 0) is 66.2 Å². The number of hydrogen-bond acceptors (Lipinski definition) is 6. The number of nitrogens with zero attached hydrogens (tertiary/aromatic N) is 1. The lowest BCUT2D eigenvalue weighted by Crippen LogP contribution is -2.27. The van der Waals surface area contributed by atoms with Crippen LogP contribution in [-0.4, -0.2) is 29.9 Å². The zero-order valence-corrected chi connectivity index (χ0v) is 20.7. The Morgan fingerprint density at radius 2 is 1.91 bits per heavy atom. The van der Waals surface area contributed by atoms with Gasteiger partial charge in [0.25, 0.3) is 11.8 Å². The molecule has 1 aliphatic heterocycles. The number of thioether (sulfide) groups is 1. The predicted octanol–water partition coefficient (Wildman–Crippen LogP) is 5.91. The van der Waals surface area contributed by atoms with Gasteiger partial charge in [0.2, 0.25) is 0 Å². The number of halogens is 2. The van der Waals surface area contributed by atoms with Crippen molar-refractivity contribution in [1.82, 2.24) is 0 Å². The molecule has 178 valence electrons. The van der Waals surface area contributed by atoms with Crippen molar-refractivity contribution in [3.05, 3.63) is 88.0 Å². The molecule has 1 fully saturated rings. The van der Waals surface area contributed by atoms with E-state index >= 15 is 0 Å². The Labute approximate surface area is 215 Å². The number of amides is 2. The number of carbonyl (C=O) groups is 2. The first-order valence-electron chi connectivity index (χ1n) is 10.2. The Hall–Kier alpha value is -3.40. The van der Waals surface area contributed by atoms with E-state index in [1.807, 2.05) is 6.07 Å². The molecule has 2 amide bonds. The highest BCUT2D eigenvalue weighted by Crippen LogP contribution is 2.36. The smallest absolute Gasteiger partial charge is 0.270 e. The first-order chi connectivity index (χ1) is 16.8. The van der Waals surface area contributed by atoms with E-state index in [0.717, 1.165) is 0 Å². The normalized spacial score (nSPS) is 14.4. The molecule has 35 heavy (non-hydrogen) atoms. The minimum absolute atomic E-state index is 0.0891. The Bertz CT molecular complexity index is 1330. The average molecular weight is 529 g/mol. The lowest BCUT2D eigenvalue weighted by Gasteiger charge is -2.14. The molecule has 1 aliphatic rings. The minimum atomic E-state index is -0.571. The summed E-state index contributed by atoms with van der Waals surface area (Å²) in [5.74, 6) is -0.107. The molecule has 1 N–H and O–H groups in total. The van der Waals surface area contributed by atoms with Crippen molar-refractivity contribution < 1.29 is 23.5 Å². The molecule has 0 unspecified atom stereocenters. The number of rotatable bonds is 7. The minimum Gasteiger partial charge on any atom is -0.497 e. The molecule has 0 bridgehead atoms. The summed E-state index contributed by atoms with van der Waals surface area (Å²) in [5, 5.41) is 2.50. The third-order valence-electron chi connectivity index (χ3n) is 4.85. The summed E-state index contributed by atoms with van der Waals surface area (Å²) in [6.45, 7) is -0.266. The molecule has 0 spiro atoms. The molecule has 1 saturated heterocycles. The number of anilines is 2. The summed E-state index contributed by atoms with van der Waals surface area (Å²) in [6, 6.07) is 17.9. The van der Waals surface area contributed by atoms with Gasteiger partial charge in [-0.15, -0.1) is 0 Å². The topological polar surface area (TPSA) is 67.9 Å². The van der Waals surface area contributed by atoms with E-state index in [9.17, 15) is 14.0 Å². The van der Waals surface area contributed by atoms with Gasteiger partial charge in [-0.2, -0.15) is 0 Å². The van der Waals surface area contributed by atoms with Crippen LogP contribution in [0, 0.1) is 5.82 Å². The van der Waals surface area contributed by atoms with Crippen molar-refractivity contribution in [2.24, 2.45) is 0 Å². The fraction of sp³-hybridized carbons (Fsp3) is 0.0800. The van der Waals surface area contributed by atoms with Crippen molar-refractivity contribution in [3.63, 3.8) is 0 Å². The summed E-state index contributed by atoms with van der Waals surface area (Å²) < 4.78 is 24.4. The van der Waals surface area contributed by atoms with Crippen LogP contribution in [0.15, 0.2) is 71.6 Å². The van der Waals surface area contributed by atoms with E-state index in [2.05, 4.69) is 5.32 Å². The number of hydrogen-bond donors (Lipinski definition) is 1. The maximum atomic E-state index is 13.3. The number of carbonyl (C=O) groups excluding carboxylic acids is 2. The monoisotopic (exact) mass is 528 g/mol. The molecule has 0 aromatic heterocycles. The van der Waals surface area contributed by atoms with E-state index < -0.39 is 11.7 Å². The molecule has 4 rings (SSSR count). The predicted molar refractivity (Wildman–Crippen MR) is 141 cm³/mol. The van der Waals surface area contributed by atoms with Crippen LogP contribution in [0.25, 0.3) is 6.08 Å². The highest BCUT2D eigenvalue weighted by molar-refractivity contribution is 8.27. The molecule has 3 aromatic rings. The molecule has 0 atom stereocenters. The van der Waals surface area contributed by atoms with Gasteiger partial charge in [0.1, 0.15) is 17.3 Å². The van der Waals surface area contributed by atoms with E-state index in [0.29, 0.717) is 37.7 Å². The summed E-state index contributed by atoms with van der Waals surface area (Å²) >= 11 is 12.3. The van der Waals surface area contributed by atoms with Gasteiger partial charge >= 0.3 is 0 Å². The second kappa shape index (κ2) is 10.9. The summed E-state index contributed by atoms with van der Waals surface area (Å²) in [4.78, 5) is 27.1. The number of ether oxygens (including phenoxy) is 2. The molecule has 3 aromatic carbocycles. The number of nitrogens with one attached hydrogen (secondary N) is 1. The lowest BCUT2D eigenvalue weighted by molar-refractivity contribution is -0.118. The van der Waals surface area contributed by atoms with E-state index in [-0.39, 0.29) is 17.5 Å². The fourth-order valence-electron chi connectivity index (χ4n) is 3.19. The average Bonchev–Trinajstić information content (AvgIpc) is 3.13. The zero-order chi connectivity index (χ0) is 24.9. The van der Waals surface area contributed by atoms with E-state index in [1.54, 1.807) is 55.7 Å². The van der Waals surface area contributed by atoms with Gasteiger partial charge in [0.05, 0.1) is 22.7 Å². The molecule has 0 aliphatic carbocycles. The first-order valence-corrected chi connectivity index (χ1v) is 11.8. The summed E-state index contributed by atoms with van der Waals surface area (Å²) in [6.07, 6.45) is 1.72. The van der Waals surface area contributed by atoms with Crippen LogP contribution in [0.4, 0.5) is 15.8 Å². The second-order valence-corrected chi connectivity index (χ2v) is 9.34. The van der Waals surface area contributed by atoms with Gasteiger partial charge in [-0.1, -0.05) is 47.7 Å². The van der Waals surface area contributed by atoms with Crippen molar-refractivity contribution in [3.8, 4) is 11.5 Å². The largest absolute Gasteiger partial charge is 0.497 e. The standard InChI is InChI=1S/C25H18ClFN2O4S2/c1-32-18-8-6-17(7-9-18)29-24(31)22(35-25(29)34)12-15-3-2-4-19(11-15)33-14-23(30)28-16-5-10-21(27)20(26)13-16/h2-13H,14H2,1H3,(H,28,30)/b22-12-. The van der Waals surface area contributed by atoms with Gasteiger partial charge in [0.15, 0.2) is 10.9 Å². The van der Waals surface area contributed by atoms with Gasteiger partial charge < -0.3 is 14.8 Å². The summed E-state index contributed by atoms with van der Waals surface area (Å²) in [7, 11) is 1.57. The maximum Gasteiger partial charge on any atom is 0.270 e. The Balaban J connectivity index is 1.41. The van der Waals surface area contributed by atoms with E-state index in [1.165, 1.54) is 34.9 Å². The number of benzene rings is 3. The maximum absolute atomic E-state index is 13.3. The van der Waals surface area contributed by atoms with E-state index in [4.69, 9.17) is 33.3 Å². The fourth-order valence-corrected chi connectivity index (χ4v) is 4.67. The van der Waals surface area contributed by atoms with Crippen LogP contribution in [-0.2, 0) is 9.59 Å². The Morgan fingerprint density at radius 3 is 2.63 bits per heavy atom. The second-order valence-electron chi connectivity index (χ2n) is 7.25. The molecule has 0 saturated carbocycles. The summed E-state index contributed by atoms with van der Waals surface area (Å²) in [5.41, 5.74) is 1.73. The van der Waals surface area contributed by atoms with Crippen LogP contribution in [0.1, 0.15) is 5.56 Å². The number of thiocarbonyl (C=S) groups is 1. The van der Waals surface area contributed by atoms with Crippen LogP contribution in [0.5, 0.6) is 11.5 Å². The molecule has 6 nitrogen and oxygen atoms in total. The molecule has 10 heteroatoms. The Morgan fingerprint density at radius 1 is 1.14 bits per heavy atom. The van der Waals surface area contributed by atoms with Crippen LogP contribution >= 0.6 is 35.6 Å². The van der Waals surface area contributed by atoms with Crippen molar-refractivity contribution >= 4 is 69.2 Å². The Kier molecular flexibility index (Phi) is 7.70. The molecular weight excluding hydrogens is 511 g/mol. The van der Waals surface area contributed by atoms with Crippen LogP contribution in [0.2, 0.25) is 5.02 Å². The van der Waals surface area contributed by atoms with Gasteiger partial charge in [0, 0.05) is 5.69 Å². The van der Waals surface area contributed by atoms with Gasteiger partial charge in [-0.3, -0.25) is 14.5 Å². The van der Waals surface area contributed by atoms with Crippen molar-refractivity contribution in [2.45, 2.75) is 0 Å². The van der Waals surface area contributed by atoms with Crippen LogP contribution < -0.4 is 19.7 Å². The first kappa shape index (κ1) is 24.7. The van der Waals surface area contributed by atoms with Crippen molar-refractivity contribution in [1.29, 1.82) is 0 Å². The zero-order valence-electron chi connectivity index (χ0n) is 18.3. The van der Waals surface area contributed by atoms with Crippen molar-refractivity contribution in [2.75, 3.05) is 23.9 Å². The lowest BCUT2D eigenvalue weighted by atomic mass is 10.2. The number of methoxy groups -OCH3 is 1. The van der Waals surface area contributed by atoms with Crippen LogP contribution in [0.3, 0.4) is 0 Å². The molecule has 1 heterocycles. The van der Waals surface area contributed by atoms with Gasteiger partial charge in [-0.25, -0.2) is 4.39 Å². The SMILES string of the molecule is COc1ccc(N2C(=O)/C(=C/c3cccc(OCC(=O)Nc4ccc(F)c(Cl)c4)c3)SC2=S)cc1. The molecular formula is C25H18ClFN2O4S2.